The Morgan fingerprint density at radius 2 is 1.95 bits per heavy atom. The molecule has 4 N–H and O–H groups in total. The standard InChI is InChI=1S/C15H22N4O/c1-19-8-6-13(7-9-19)15(20)18-10-11-2-4-12(5-3-11)14(16)17/h2-5,13H,6-10H2,1H3,(H3,16,17)(H,18,20). The quantitative estimate of drug-likeness (QED) is 0.564. The van der Waals surface area contributed by atoms with Crippen LogP contribution in [0.15, 0.2) is 24.3 Å². The van der Waals surface area contributed by atoms with Gasteiger partial charge in [-0.2, -0.15) is 0 Å². The second-order valence-corrected chi connectivity index (χ2v) is 5.41. The number of nitrogen functional groups attached to an aromatic ring is 1. The molecule has 1 heterocycles. The van der Waals surface area contributed by atoms with E-state index in [1.165, 1.54) is 0 Å². The van der Waals surface area contributed by atoms with Crippen molar-refractivity contribution in [1.29, 1.82) is 5.41 Å². The summed E-state index contributed by atoms with van der Waals surface area (Å²) in [5.41, 5.74) is 7.13. The van der Waals surface area contributed by atoms with Gasteiger partial charge in [-0.15, -0.1) is 0 Å². The Balaban J connectivity index is 1.82. The van der Waals surface area contributed by atoms with Crippen molar-refractivity contribution in [3.8, 4) is 0 Å². The van der Waals surface area contributed by atoms with Gasteiger partial charge in [-0.1, -0.05) is 24.3 Å². The van der Waals surface area contributed by atoms with Crippen LogP contribution in [-0.2, 0) is 11.3 Å². The summed E-state index contributed by atoms with van der Waals surface area (Å²) in [5, 5.41) is 10.3. The molecule has 0 aromatic heterocycles. The summed E-state index contributed by atoms with van der Waals surface area (Å²) in [6.45, 7) is 2.51. The predicted octanol–water partition coefficient (Wildman–Crippen LogP) is 0.929. The number of rotatable bonds is 4. The van der Waals surface area contributed by atoms with Gasteiger partial charge in [0.05, 0.1) is 0 Å². The van der Waals surface area contributed by atoms with Crippen molar-refractivity contribution in [2.45, 2.75) is 19.4 Å². The fourth-order valence-electron chi connectivity index (χ4n) is 2.41. The molecule has 0 radical (unpaired) electrons. The van der Waals surface area contributed by atoms with Gasteiger partial charge < -0.3 is 16.0 Å². The van der Waals surface area contributed by atoms with Crippen LogP contribution < -0.4 is 11.1 Å². The monoisotopic (exact) mass is 274 g/mol. The second-order valence-electron chi connectivity index (χ2n) is 5.41. The van der Waals surface area contributed by atoms with Crippen molar-refractivity contribution < 1.29 is 4.79 Å². The molecule has 0 atom stereocenters. The maximum absolute atomic E-state index is 12.1. The van der Waals surface area contributed by atoms with Crippen LogP contribution >= 0.6 is 0 Å². The van der Waals surface area contributed by atoms with Crippen LogP contribution in [0, 0.1) is 11.3 Å². The lowest BCUT2D eigenvalue weighted by atomic mass is 9.96. The molecule has 1 aliphatic heterocycles. The van der Waals surface area contributed by atoms with E-state index in [1.54, 1.807) is 12.1 Å². The zero-order valence-electron chi connectivity index (χ0n) is 11.9. The highest BCUT2D eigenvalue weighted by Gasteiger charge is 2.22. The minimum atomic E-state index is 0.0620. The first kappa shape index (κ1) is 14.5. The number of hydrogen-bond donors (Lipinski definition) is 3. The van der Waals surface area contributed by atoms with Crippen molar-refractivity contribution in [1.82, 2.24) is 10.2 Å². The first-order valence-electron chi connectivity index (χ1n) is 6.96. The van der Waals surface area contributed by atoms with Crippen LogP contribution in [0.5, 0.6) is 0 Å². The van der Waals surface area contributed by atoms with Gasteiger partial charge in [-0.25, -0.2) is 0 Å². The van der Waals surface area contributed by atoms with Crippen LogP contribution in [0.25, 0.3) is 0 Å². The summed E-state index contributed by atoms with van der Waals surface area (Å²) < 4.78 is 0. The highest BCUT2D eigenvalue weighted by Crippen LogP contribution is 2.16. The predicted molar refractivity (Wildman–Crippen MR) is 79.5 cm³/mol. The van der Waals surface area contributed by atoms with Crippen LogP contribution in [0.3, 0.4) is 0 Å². The first-order chi connectivity index (χ1) is 9.56. The van der Waals surface area contributed by atoms with Crippen LogP contribution in [0.1, 0.15) is 24.0 Å². The molecule has 108 valence electrons. The van der Waals surface area contributed by atoms with Crippen molar-refractivity contribution >= 4 is 11.7 Å². The molecular weight excluding hydrogens is 252 g/mol. The molecule has 5 heteroatoms. The van der Waals surface area contributed by atoms with Gasteiger partial charge >= 0.3 is 0 Å². The summed E-state index contributed by atoms with van der Waals surface area (Å²) in [7, 11) is 2.09. The zero-order valence-corrected chi connectivity index (χ0v) is 11.9. The van der Waals surface area contributed by atoms with Gasteiger partial charge in [0, 0.05) is 18.0 Å². The van der Waals surface area contributed by atoms with Gasteiger partial charge in [-0.05, 0) is 38.5 Å². The molecule has 1 aliphatic rings. The number of hydrogen-bond acceptors (Lipinski definition) is 3. The Labute approximate surface area is 119 Å². The number of nitrogens with two attached hydrogens (primary N) is 1. The molecule has 1 aromatic rings. The Morgan fingerprint density at radius 1 is 1.35 bits per heavy atom. The Bertz CT molecular complexity index is 475. The molecule has 1 amide bonds. The number of benzene rings is 1. The molecule has 1 saturated heterocycles. The summed E-state index contributed by atoms with van der Waals surface area (Å²) in [6, 6.07) is 7.40. The Hall–Kier alpha value is -1.88. The highest BCUT2D eigenvalue weighted by atomic mass is 16.1. The third kappa shape index (κ3) is 3.81. The fourth-order valence-corrected chi connectivity index (χ4v) is 2.41. The van der Waals surface area contributed by atoms with E-state index in [0.717, 1.165) is 31.5 Å². The van der Waals surface area contributed by atoms with E-state index in [4.69, 9.17) is 11.1 Å². The largest absolute Gasteiger partial charge is 0.384 e. The lowest BCUT2D eigenvalue weighted by molar-refractivity contribution is -0.126. The van der Waals surface area contributed by atoms with E-state index in [1.807, 2.05) is 12.1 Å². The molecule has 0 bridgehead atoms. The minimum absolute atomic E-state index is 0.0620. The fraction of sp³-hybridized carbons (Fsp3) is 0.467. The molecule has 5 nitrogen and oxygen atoms in total. The number of piperidine rings is 1. The Kier molecular flexibility index (Phi) is 4.74. The number of nitrogens with one attached hydrogen (secondary N) is 2. The number of nitrogens with zero attached hydrogens (tertiary/aromatic N) is 1. The second kappa shape index (κ2) is 6.52. The Morgan fingerprint density at radius 3 is 2.50 bits per heavy atom. The summed E-state index contributed by atoms with van der Waals surface area (Å²) in [6.07, 6.45) is 1.87. The third-order valence-electron chi connectivity index (χ3n) is 3.82. The normalized spacial score (nSPS) is 16.9. The van der Waals surface area contributed by atoms with E-state index in [-0.39, 0.29) is 17.7 Å². The van der Waals surface area contributed by atoms with E-state index < -0.39 is 0 Å². The SMILES string of the molecule is CN1CCC(C(=O)NCc2ccc(C(=N)N)cc2)CC1. The molecule has 0 aliphatic carbocycles. The third-order valence-corrected chi connectivity index (χ3v) is 3.82. The lowest BCUT2D eigenvalue weighted by Crippen LogP contribution is -2.38. The van der Waals surface area contributed by atoms with Crippen LogP contribution in [0.4, 0.5) is 0 Å². The van der Waals surface area contributed by atoms with Crippen molar-refractivity contribution in [3.05, 3.63) is 35.4 Å². The van der Waals surface area contributed by atoms with Gasteiger partial charge in [0.15, 0.2) is 0 Å². The molecule has 0 saturated carbocycles. The molecule has 20 heavy (non-hydrogen) atoms. The molecular formula is C15H22N4O. The lowest BCUT2D eigenvalue weighted by Gasteiger charge is -2.28. The topological polar surface area (TPSA) is 82.2 Å². The maximum Gasteiger partial charge on any atom is 0.223 e. The van der Waals surface area contributed by atoms with Crippen LogP contribution in [-0.4, -0.2) is 36.8 Å². The molecule has 2 rings (SSSR count). The molecule has 1 aromatic carbocycles. The molecule has 1 fully saturated rings. The average molecular weight is 274 g/mol. The number of amides is 1. The van der Waals surface area contributed by atoms with Crippen molar-refractivity contribution in [2.24, 2.45) is 11.7 Å². The van der Waals surface area contributed by atoms with Gasteiger partial charge in [0.1, 0.15) is 5.84 Å². The van der Waals surface area contributed by atoms with Crippen LogP contribution in [0.2, 0.25) is 0 Å². The first-order valence-corrected chi connectivity index (χ1v) is 6.96. The average Bonchev–Trinajstić information content (AvgIpc) is 2.46. The van der Waals surface area contributed by atoms with Crippen molar-refractivity contribution in [3.63, 3.8) is 0 Å². The maximum atomic E-state index is 12.1. The van der Waals surface area contributed by atoms with E-state index in [9.17, 15) is 4.79 Å². The smallest absolute Gasteiger partial charge is 0.223 e. The molecule has 0 spiro atoms. The minimum Gasteiger partial charge on any atom is -0.384 e. The number of carbonyl (C=O) groups is 1. The summed E-state index contributed by atoms with van der Waals surface area (Å²) >= 11 is 0. The number of amidine groups is 1. The van der Waals surface area contributed by atoms with Crippen molar-refractivity contribution in [2.75, 3.05) is 20.1 Å². The number of carbonyl (C=O) groups excluding carboxylic acids is 1. The van der Waals surface area contributed by atoms with Gasteiger partial charge in [0.25, 0.3) is 0 Å². The van der Waals surface area contributed by atoms with E-state index >= 15 is 0 Å². The highest BCUT2D eigenvalue weighted by molar-refractivity contribution is 5.94. The summed E-state index contributed by atoms with van der Waals surface area (Å²) in [5.74, 6) is 0.350. The zero-order chi connectivity index (χ0) is 14.5. The van der Waals surface area contributed by atoms with E-state index in [2.05, 4.69) is 17.3 Å². The van der Waals surface area contributed by atoms with Gasteiger partial charge in [-0.3, -0.25) is 10.2 Å². The van der Waals surface area contributed by atoms with Gasteiger partial charge in [0.2, 0.25) is 5.91 Å². The summed E-state index contributed by atoms with van der Waals surface area (Å²) in [4.78, 5) is 14.3. The van der Waals surface area contributed by atoms with E-state index in [0.29, 0.717) is 12.1 Å². The number of likely N-dealkylation sites (tertiary alicyclic amines) is 1. The molecule has 0 unspecified atom stereocenters.